The van der Waals surface area contributed by atoms with Crippen LogP contribution in [0.1, 0.15) is 26.2 Å². The van der Waals surface area contributed by atoms with Crippen molar-refractivity contribution in [3.05, 3.63) is 0 Å². The van der Waals surface area contributed by atoms with Crippen molar-refractivity contribution in [2.24, 2.45) is 11.7 Å². The van der Waals surface area contributed by atoms with Crippen LogP contribution in [-0.2, 0) is 4.79 Å². The number of likely N-dealkylation sites (tertiary alicyclic amines) is 1. The smallest absolute Gasteiger partial charge is 0.223 e. The maximum absolute atomic E-state index is 11.5. The molecule has 0 spiro atoms. The van der Waals surface area contributed by atoms with E-state index in [0.717, 1.165) is 19.6 Å². The molecule has 0 aromatic carbocycles. The summed E-state index contributed by atoms with van der Waals surface area (Å²) >= 11 is 0. The molecule has 94 valence electrons. The summed E-state index contributed by atoms with van der Waals surface area (Å²) in [5.74, 6) is 0.827. The topological polar surface area (TPSA) is 49.6 Å². The maximum Gasteiger partial charge on any atom is 0.223 e. The summed E-state index contributed by atoms with van der Waals surface area (Å²) in [4.78, 5) is 15.6. The van der Waals surface area contributed by atoms with Gasteiger partial charge in [-0.2, -0.15) is 0 Å². The first kappa shape index (κ1) is 13.5. The van der Waals surface area contributed by atoms with E-state index >= 15 is 0 Å². The highest BCUT2D eigenvalue weighted by Crippen LogP contribution is 2.21. The van der Waals surface area contributed by atoms with Gasteiger partial charge in [0.1, 0.15) is 0 Å². The van der Waals surface area contributed by atoms with E-state index in [1.165, 1.54) is 12.8 Å². The molecule has 1 aliphatic heterocycles. The van der Waals surface area contributed by atoms with Crippen LogP contribution in [0.4, 0.5) is 0 Å². The molecule has 1 amide bonds. The van der Waals surface area contributed by atoms with E-state index in [0.29, 0.717) is 18.4 Å². The highest BCUT2D eigenvalue weighted by molar-refractivity contribution is 5.75. The van der Waals surface area contributed by atoms with Crippen LogP contribution >= 0.6 is 0 Å². The molecular formula is C12H25N3O. The second kappa shape index (κ2) is 6.21. The standard InChI is InChI=1S/C12H25N3O/c1-10-4-5-11(8-13)9-15(10)7-6-12(16)14(2)3/h10-11H,4-9,13H2,1-3H3. The molecule has 16 heavy (non-hydrogen) atoms. The number of amides is 1. The molecular weight excluding hydrogens is 202 g/mol. The van der Waals surface area contributed by atoms with E-state index in [-0.39, 0.29) is 5.91 Å². The Morgan fingerprint density at radius 1 is 1.44 bits per heavy atom. The van der Waals surface area contributed by atoms with Crippen LogP contribution in [-0.4, -0.2) is 55.5 Å². The van der Waals surface area contributed by atoms with Gasteiger partial charge < -0.3 is 10.6 Å². The molecule has 0 radical (unpaired) electrons. The van der Waals surface area contributed by atoms with Gasteiger partial charge in [0.2, 0.25) is 5.91 Å². The van der Waals surface area contributed by atoms with Crippen LogP contribution in [0.15, 0.2) is 0 Å². The summed E-state index contributed by atoms with van der Waals surface area (Å²) in [5.41, 5.74) is 5.71. The normalized spacial score (nSPS) is 26.8. The molecule has 4 heteroatoms. The van der Waals surface area contributed by atoms with Crippen molar-refractivity contribution in [2.75, 3.05) is 33.7 Å². The Morgan fingerprint density at radius 3 is 2.69 bits per heavy atom. The monoisotopic (exact) mass is 227 g/mol. The summed E-state index contributed by atoms with van der Waals surface area (Å²) in [7, 11) is 3.62. The average Bonchev–Trinajstić information content (AvgIpc) is 2.27. The second-order valence-electron chi connectivity index (χ2n) is 5.06. The van der Waals surface area contributed by atoms with E-state index in [9.17, 15) is 4.79 Å². The maximum atomic E-state index is 11.5. The summed E-state index contributed by atoms with van der Waals surface area (Å²) < 4.78 is 0. The second-order valence-corrected chi connectivity index (χ2v) is 5.06. The number of nitrogens with zero attached hydrogens (tertiary/aromatic N) is 2. The molecule has 1 heterocycles. The van der Waals surface area contributed by atoms with Crippen molar-refractivity contribution in [3.8, 4) is 0 Å². The van der Waals surface area contributed by atoms with E-state index in [1.807, 2.05) is 14.1 Å². The average molecular weight is 227 g/mol. The van der Waals surface area contributed by atoms with Crippen LogP contribution in [0.25, 0.3) is 0 Å². The van der Waals surface area contributed by atoms with Gasteiger partial charge in [-0.3, -0.25) is 9.69 Å². The Hall–Kier alpha value is -0.610. The highest BCUT2D eigenvalue weighted by Gasteiger charge is 2.24. The van der Waals surface area contributed by atoms with Crippen molar-refractivity contribution < 1.29 is 4.79 Å². The van der Waals surface area contributed by atoms with Gasteiger partial charge in [0, 0.05) is 39.6 Å². The fraction of sp³-hybridized carbons (Fsp3) is 0.917. The minimum absolute atomic E-state index is 0.210. The number of nitrogens with two attached hydrogens (primary N) is 1. The van der Waals surface area contributed by atoms with Crippen molar-refractivity contribution in [2.45, 2.75) is 32.2 Å². The summed E-state index contributed by atoms with van der Waals surface area (Å²) in [5, 5.41) is 0. The fourth-order valence-electron chi connectivity index (χ4n) is 2.23. The van der Waals surface area contributed by atoms with Crippen LogP contribution in [0, 0.1) is 5.92 Å². The molecule has 0 aromatic rings. The van der Waals surface area contributed by atoms with Crippen LogP contribution in [0.5, 0.6) is 0 Å². The Kier molecular flexibility index (Phi) is 5.22. The molecule has 2 atom stereocenters. The zero-order valence-electron chi connectivity index (χ0n) is 10.8. The predicted molar refractivity (Wildman–Crippen MR) is 66.1 cm³/mol. The van der Waals surface area contributed by atoms with Gasteiger partial charge in [0.05, 0.1) is 0 Å². The van der Waals surface area contributed by atoms with Gasteiger partial charge >= 0.3 is 0 Å². The predicted octanol–water partition coefficient (Wildman–Crippen LogP) is 0.524. The molecule has 1 rings (SSSR count). The molecule has 0 aliphatic carbocycles. The lowest BCUT2D eigenvalue weighted by molar-refractivity contribution is -0.129. The minimum atomic E-state index is 0.210. The zero-order chi connectivity index (χ0) is 12.1. The minimum Gasteiger partial charge on any atom is -0.349 e. The molecule has 0 saturated carbocycles. The number of piperidine rings is 1. The van der Waals surface area contributed by atoms with Gasteiger partial charge in [0.15, 0.2) is 0 Å². The first-order chi connectivity index (χ1) is 7.54. The van der Waals surface area contributed by atoms with Crippen LogP contribution in [0.2, 0.25) is 0 Å². The number of carbonyl (C=O) groups is 1. The third-order valence-electron chi connectivity index (χ3n) is 3.55. The summed E-state index contributed by atoms with van der Waals surface area (Å²) in [6.07, 6.45) is 3.06. The van der Waals surface area contributed by atoms with E-state index in [4.69, 9.17) is 5.73 Å². The summed E-state index contributed by atoms with van der Waals surface area (Å²) in [6.45, 7) is 4.94. The van der Waals surface area contributed by atoms with Gasteiger partial charge in [0.25, 0.3) is 0 Å². The largest absolute Gasteiger partial charge is 0.349 e. The first-order valence-corrected chi connectivity index (χ1v) is 6.18. The highest BCUT2D eigenvalue weighted by atomic mass is 16.2. The Balaban J connectivity index is 2.36. The Bertz CT molecular complexity index is 230. The van der Waals surface area contributed by atoms with Crippen LogP contribution in [0.3, 0.4) is 0 Å². The lowest BCUT2D eigenvalue weighted by Crippen LogP contribution is -2.45. The quantitative estimate of drug-likeness (QED) is 0.762. The molecule has 1 saturated heterocycles. The fourth-order valence-corrected chi connectivity index (χ4v) is 2.23. The molecule has 2 N–H and O–H groups in total. The van der Waals surface area contributed by atoms with Crippen molar-refractivity contribution in [1.29, 1.82) is 0 Å². The van der Waals surface area contributed by atoms with Gasteiger partial charge in [-0.1, -0.05) is 0 Å². The van der Waals surface area contributed by atoms with Gasteiger partial charge in [-0.05, 0) is 32.2 Å². The van der Waals surface area contributed by atoms with Gasteiger partial charge in [-0.25, -0.2) is 0 Å². The van der Waals surface area contributed by atoms with Crippen molar-refractivity contribution in [3.63, 3.8) is 0 Å². The number of hydrogen-bond acceptors (Lipinski definition) is 3. The molecule has 0 aromatic heterocycles. The Morgan fingerprint density at radius 2 is 2.12 bits per heavy atom. The van der Waals surface area contributed by atoms with E-state index < -0.39 is 0 Å². The molecule has 0 bridgehead atoms. The number of rotatable bonds is 4. The lowest BCUT2D eigenvalue weighted by Gasteiger charge is -2.37. The summed E-state index contributed by atoms with van der Waals surface area (Å²) in [6, 6.07) is 0.595. The lowest BCUT2D eigenvalue weighted by atomic mass is 9.93. The zero-order valence-corrected chi connectivity index (χ0v) is 10.8. The van der Waals surface area contributed by atoms with Crippen molar-refractivity contribution >= 4 is 5.91 Å². The Labute approximate surface area is 98.8 Å². The van der Waals surface area contributed by atoms with Crippen LogP contribution < -0.4 is 5.73 Å². The third kappa shape index (κ3) is 3.76. The van der Waals surface area contributed by atoms with Crippen molar-refractivity contribution in [1.82, 2.24) is 9.80 Å². The van der Waals surface area contributed by atoms with E-state index in [1.54, 1.807) is 4.90 Å². The molecule has 1 fully saturated rings. The SMILES string of the molecule is CC1CCC(CN)CN1CCC(=O)N(C)C. The first-order valence-electron chi connectivity index (χ1n) is 6.18. The molecule has 1 aliphatic rings. The third-order valence-corrected chi connectivity index (χ3v) is 3.55. The molecule has 2 unspecified atom stereocenters. The number of hydrogen-bond donors (Lipinski definition) is 1. The molecule has 4 nitrogen and oxygen atoms in total. The van der Waals surface area contributed by atoms with Gasteiger partial charge in [-0.15, -0.1) is 0 Å². The van der Waals surface area contributed by atoms with E-state index in [2.05, 4.69) is 11.8 Å². The number of carbonyl (C=O) groups excluding carboxylic acids is 1.